The zero-order valence-electron chi connectivity index (χ0n) is 12.8. The van der Waals surface area contributed by atoms with Gasteiger partial charge in [0, 0.05) is 25.0 Å². The molecular weight excluding hydrogens is 256 g/mol. The lowest BCUT2D eigenvalue weighted by atomic mass is 9.80. The third-order valence-corrected chi connectivity index (χ3v) is 4.68. The first-order valence-electron chi connectivity index (χ1n) is 8.02. The number of benzene rings is 1. The van der Waals surface area contributed by atoms with Crippen molar-refractivity contribution in [1.29, 1.82) is 0 Å². The molecule has 21 heavy (non-hydrogen) atoms. The number of rotatable bonds is 4. The number of aryl methyl sites for hydroxylation is 1. The molecule has 2 unspecified atom stereocenters. The molecule has 3 rings (SSSR count). The van der Waals surface area contributed by atoms with E-state index in [1.54, 1.807) is 0 Å². The molecule has 0 spiro atoms. The molecule has 0 bridgehead atoms. The first kappa shape index (κ1) is 14.3. The molecular formula is C19H24N2. The summed E-state index contributed by atoms with van der Waals surface area (Å²) in [5.74, 6) is 0.655. The Morgan fingerprint density at radius 2 is 1.90 bits per heavy atom. The normalized spacial score (nSPS) is 22.1. The van der Waals surface area contributed by atoms with Crippen molar-refractivity contribution in [2.45, 2.75) is 51.1 Å². The van der Waals surface area contributed by atoms with Crippen LogP contribution >= 0.6 is 0 Å². The number of nitrogens with zero attached hydrogens (tertiary/aromatic N) is 1. The monoisotopic (exact) mass is 280 g/mol. The Morgan fingerprint density at radius 3 is 2.71 bits per heavy atom. The van der Waals surface area contributed by atoms with Crippen molar-refractivity contribution in [2.24, 2.45) is 0 Å². The zero-order chi connectivity index (χ0) is 14.5. The van der Waals surface area contributed by atoms with Crippen LogP contribution in [0.25, 0.3) is 0 Å². The van der Waals surface area contributed by atoms with E-state index >= 15 is 0 Å². The minimum atomic E-state index is 0.591. The van der Waals surface area contributed by atoms with Crippen LogP contribution in [0.5, 0.6) is 0 Å². The summed E-state index contributed by atoms with van der Waals surface area (Å²) in [5, 5.41) is 3.80. The van der Waals surface area contributed by atoms with E-state index in [1.807, 2.05) is 12.4 Å². The highest BCUT2D eigenvalue weighted by Gasteiger charge is 2.25. The third-order valence-electron chi connectivity index (χ3n) is 4.68. The number of hydrogen-bond acceptors (Lipinski definition) is 2. The van der Waals surface area contributed by atoms with Crippen LogP contribution in [0.3, 0.4) is 0 Å². The van der Waals surface area contributed by atoms with E-state index in [1.165, 1.54) is 42.4 Å². The van der Waals surface area contributed by atoms with Gasteiger partial charge in [0.15, 0.2) is 0 Å². The second-order valence-corrected chi connectivity index (χ2v) is 6.09. The van der Waals surface area contributed by atoms with E-state index in [4.69, 9.17) is 0 Å². The summed E-state index contributed by atoms with van der Waals surface area (Å²) in [4.78, 5) is 4.17. The van der Waals surface area contributed by atoms with Gasteiger partial charge in [-0.05, 0) is 48.4 Å². The molecule has 0 aliphatic heterocycles. The average molecular weight is 280 g/mol. The standard InChI is InChI=1S/C19H24N2/c1-15-13-20-12-11-17(15)14-21-19-10-6-5-9-18(19)16-7-3-2-4-8-16/h2-4,7-8,11-13,18-19,21H,5-6,9-10,14H2,1H3. The average Bonchev–Trinajstić information content (AvgIpc) is 2.55. The highest BCUT2D eigenvalue weighted by Crippen LogP contribution is 2.33. The summed E-state index contributed by atoms with van der Waals surface area (Å²) in [6, 6.07) is 13.7. The van der Waals surface area contributed by atoms with Gasteiger partial charge < -0.3 is 5.32 Å². The topological polar surface area (TPSA) is 24.9 Å². The fraction of sp³-hybridized carbons (Fsp3) is 0.421. The van der Waals surface area contributed by atoms with Crippen molar-refractivity contribution in [3.8, 4) is 0 Å². The minimum Gasteiger partial charge on any atom is -0.309 e. The Morgan fingerprint density at radius 1 is 1.10 bits per heavy atom. The van der Waals surface area contributed by atoms with E-state index in [0.29, 0.717) is 12.0 Å². The van der Waals surface area contributed by atoms with Crippen LogP contribution in [0.4, 0.5) is 0 Å². The van der Waals surface area contributed by atoms with Crippen molar-refractivity contribution in [3.05, 3.63) is 65.5 Å². The van der Waals surface area contributed by atoms with Crippen molar-refractivity contribution in [3.63, 3.8) is 0 Å². The van der Waals surface area contributed by atoms with Gasteiger partial charge in [0.2, 0.25) is 0 Å². The Hall–Kier alpha value is -1.67. The third kappa shape index (κ3) is 3.51. The molecule has 2 nitrogen and oxygen atoms in total. The van der Waals surface area contributed by atoms with E-state index in [0.717, 1.165) is 6.54 Å². The SMILES string of the molecule is Cc1cnccc1CNC1CCCCC1c1ccccc1. The molecule has 1 saturated carbocycles. The summed E-state index contributed by atoms with van der Waals surface area (Å²) in [6.45, 7) is 3.09. The number of nitrogens with one attached hydrogen (secondary N) is 1. The highest BCUT2D eigenvalue weighted by atomic mass is 14.9. The molecule has 0 saturated heterocycles. The van der Waals surface area contributed by atoms with Gasteiger partial charge in [-0.15, -0.1) is 0 Å². The molecule has 1 heterocycles. The molecule has 1 aromatic heterocycles. The summed E-state index contributed by atoms with van der Waals surface area (Å²) < 4.78 is 0. The fourth-order valence-corrected chi connectivity index (χ4v) is 3.42. The molecule has 1 N–H and O–H groups in total. The van der Waals surface area contributed by atoms with Gasteiger partial charge >= 0.3 is 0 Å². The second kappa shape index (κ2) is 6.86. The molecule has 110 valence electrons. The van der Waals surface area contributed by atoms with E-state index < -0.39 is 0 Å². The molecule has 2 heteroatoms. The lowest BCUT2D eigenvalue weighted by Gasteiger charge is -2.33. The first-order valence-corrected chi connectivity index (χ1v) is 8.02. The maximum absolute atomic E-state index is 4.17. The van der Waals surface area contributed by atoms with Crippen LogP contribution in [0.15, 0.2) is 48.8 Å². The van der Waals surface area contributed by atoms with Crippen LogP contribution in [0.2, 0.25) is 0 Å². The van der Waals surface area contributed by atoms with Gasteiger partial charge in [-0.3, -0.25) is 4.98 Å². The molecule has 1 aliphatic carbocycles. The van der Waals surface area contributed by atoms with Gasteiger partial charge in [-0.2, -0.15) is 0 Å². The Labute approximate surface area is 127 Å². The van der Waals surface area contributed by atoms with Crippen molar-refractivity contribution >= 4 is 0 Å². The van der Waals surface area contributed by atoms with Gasteiger partial charge in [0.1, 0.15) is 0 Å². The smallest absolute Gasteiger partial charge is 0.0300 e. The van der Waals surface area contributed by atoms with Crippen LogP contribution in [0.1, 0.15) is 48.3 Å². The Balaban J connectivity index is 1.69. The summed E-state index contributed by atoms with van der Waals surface area (Å²) >= 11 is 0. The zero-order valence-corrected chi connectivity index (χ0v) is 12.8. The molecule has 1 aliphatic rings. The van der Waals surface area contributed by atoms with Gasteiger partial charge in [0.25, 0.3) is 0 Å². The maximum Gasteiger partial charge on any atom is 0.0300 e. The summed E-state index contributed by atoms with van der Waals surface area (Å²) in [7, 11) is 0. The summed E-state index contributed by atoms with van der Waals surface area (Å²) in [6.07, 6.45) is 9.12. The van der Waals surface area contributed by atoms with Crippen molar-refractivity contribution in [1.82, 2.24) is 10.3 Å². The predicted octanol–water partition coefficient (Wildman–Crippen LogP) is 4.21. The molecule has 1 aromatic carbocycles. The quantitative estimate of drug-likeness (QED) is 0.907. The number of aromatic nitrogens is 1. The fourth-order valence-electron chi connectivity index (χ4n) is 3.42. The molecule has 1 fully saturated rings. The van der Waals surface area contributed by atoms with Crippen LogP contribution in [-0.4, -0.2) is 11.0 Å². The molecule has 2 atom stereocenters. The second-order valence-electron chi connectivity index (χ2n) is 6.09. The van der Waals surface area contributed by atoms with Crippen LogP contribution in [-0.2, 0) is 6.54 Å². The van der Waals surface area contributed by atoms with Crippen LogP contribution in [0, 0.1) is 6.92 Å². The number of pyridine rings is 1. The van der Waals surface area contributed by atoms with E-state index in [9.17, 15) is 0 Å². The van der Waals surface area contributed by atoms with Crippen molar-refractivity contribution < 1.29 is 0 Å². The lowest BCUT2D eigenvalue weighted by Crippen LogP contribution is -2.37. The first-order chi connectivity index (χ1) is 10.3. The van der Waals surface area contributed by atoms with Gasteiger partial charge in [0.05, 0.1) is 0 Å². The van der Waals surface area contributed by atoms with Gasteiger partial charge in [-0.25, -0.2) is 0 Å². The molecule has 0 amide bonds. The van der Waals surface area contributed by atoms with Crippen LogP contribution < -0.4 is 5.32 Å². The Kier molecular flexibility index (Phi) is 4.66. The Bertz CT molecular complexity index is 565. The molecule has 0 radical (unpaired) electrons. The number of hydrogen-bond donors (Lipinski definition) is 1. The molecule has 2 aromatic rings. The minimum absolute atomic E-state index is 0.591. The largest absolute Gasteiger partial charge is 0.309 e. The van der Waals surface area contributed by atoms with Crippen molar-refractivity contribution in [2.75, 3.05) is 0 Å². The lowest BCUT2D eigenvalue weighted by molar-refractivity contribution is 0.326. The predicted molar refractivity (Wildman–Crippen MR) is 87.3 cm³/mol. The maximum atomic E-state index is 4.17. The highest BCUT2D eigenvalue weighted by molar-refractivity contribution is 5.24. The van der Waals surface area contributed by atoms with E-state index in [2.05, 4.69) is 53.6 Å². The summed E-state index contributed by atoms with van der Waals surface area (Å²) in [5.41, 5.74) is 4.13. The van der Waals surface area contributed by atoms with Gasteiger partial charge in [-0.1, -0.05) is 43.2 Å². The van der Waals surface area contributed by atoms with E-state index in [-0.39, 0.29) is 0 Å².